The molecule has 2 nitrogen and oxygen atoms in total. The molecule has 1 aliphatic rings. The lowest BCUT2D eigenvalue weighted by Gasteiger charge is -2.26. The molecular formula is C7H9ClN2S2. The molecule has 66 valence electrons. The van der Waals surface area contributed by atoms with Crippen LogP contribution in [0.3, 0.4) is 0 Å². The first-order valence-electron chi connectivity index (χ1n) is 3.45. The monoisotopic (exact) mass is 220 g/mol. The van der Waals surface area contributed by atoms with Crippen molar-refractivity contribution in [1.82, 2.24) is 0 Å². The zero-order valence-electron chi connectivity index (χ0n) is 6.50. The van der Waals surface area contributed by atoms with Crippen molar-refractivity contribution in [1.29, 1.82) is 0 Å². The third-order valence-corrected chi connectivity index (χ3v) is 3.53. The highest BCUT2D eigenvalue weighted by Crippen LogP contribution is 2.26. The fourth-order valence-corrected chi connectivity index (χ4v) is 1.93. The van der Waals surface area contributed by atoms with E-state index in [2.05, 4.69) is 0 Å². The number of nitrogens with two attached hydrogens (primary N) is 2. The van der Waals surface area contributed by atoms with E-state index < -0.39 is 6.04 Å². The van der Waals surface area contributed by atoms with Crippen LogP contribution in [0, 0.1) is 5.92 Å². The van der Waals surface area contributed by atoms with Gasteiger partial charge in [0.2, 0.25) is 0 Å². The van der Waals surface area contributed by atoms with Crippen LogP contribution in [-0.4, -0.2) is 15.8 Å². The van der Waals surface area contributed by atoms with E-state index in [1.54, 1.807) is 0 Å². The first kappa shape index (κ1) is 10.1. The van der Waals surface area contributed by atoms with E-state index in [1.807, 2.05) is 6.92 Å². The van der Waals surface area contributed by atoms with Crippen molar-refractivity contribution >= 4 is 45.8 Å². The largest absolute Gasteiger partial charge is 0.397 e. The summed E-state index contributed by atoms with van der Waals surface area (Å²) in [6.07, 6.45) is 0. The molecule has 0 radical (unpaired) electrons. The van der Waals surface area contributed by atoms with E-state index in [4.69, 9.17) is 47.5 Å². The highest BCUT2D eigenvalue weighted by Gasteiger charge is 2.30. The van der Waals surface area contributed by atoms with Crippen LogP contribution in [0.15, 0.2) is 10.7 Å². The van der Waals surface area contributed by atoms with E-state index >= 15 is 0 Å². The Labute approximate surface area is 86.9 Å². The van der Waals surface area contributed by atoms with E-state index in [0.29, 0.717) is 20.5 Å². The quantitative estimate of drug-likeness (QED) is 0.601. The minimum atomic E-state index is -0.396. The summed E-state index contributed by atoms with van der Waals surface area (Å²) in [5.41, 5.74) is 11.8. The van der Waals surface area contributed by atoms with Gasteiger partial charge in [0.15, 0.2) is 0 Å². The molecule has 1 rings (SSSR count). The topological polar surface area (TPSA) is 52.0 Å². The SMILES string of the molecule is CC1C(=S)C(N)C(=S)C(N)=C1Cl. The van der Waals surface area contributed by atoms with Gasteiger partial charge in [-0.25, -0.2) is 0 Å². The second-order valence-corrected chi connectivity index (χ2v) is 4.05. The molecule has 0 saturated carbocycles. The zero-order chi connectivity index (χ0) is 9.46. The predicted molar refractivity (Wildman–Crippen MR) is 59.4 cm³/mol. The average molecular weight is 221 g/mol. The first-order chi connectivity index (χ1) is 5.46. The van der Waals surface area contributed by atoms with E-state index in [0.717, 1.165) is 0 Å². The highest BCUT2D eigenvalue weighted by atomic mass is 35.5. The summed E-state index contributed by atoms with van der Waals surface area (Å²) in [6.45, 7) is 1.87. The lowest BCUT2D eigenvalue weighted by Crippen LogP contribution is -2.46. The summed E-state index contributed by atoms with van der Waals surface area (Å²) in [4.78, 5) is 1.13. The lowest BCUT2D eigenvalue weighted by atomic mass is 9.91. The fraction of sp³-hybridized carbons (Fsp3) is 0.429. The number of hydrogen-bond acceptors (Lipinski definition) is 4. The maximum absolute atomic E-state index is 5.90. The smallest absolute Gasteiger partial charge is 0.0745 e. The third-order valence-electron chi connectivity index (χ3n) is 1.92. The zero-order valence-corrected chi connectivity index (χ0v) is 8.89. The average Bonchev–Trinajstić information content (AvgIpc) is 2.08. The molecule has 0 aromatic carbocycles. The van der Waals surface area contributed by atoms with E-state index in [-0.39, 0.29) is 5.92 Å². The maximum atomic E-state index is 5.90. The van der Waals surface area contributed by atoms with E-state index in [1.165, 1.54) is 0 Å². The van der Waals surface area contributed by atoms with Gasteiger partial charge >= 0.3 is 0 Å². The number of thiocarbonyl (C=S) groups is 2. The second kappa shape index (κ2) is 3.38. The summed E-state index contributed by atoms with van der Waals surface area (Å²) < 4.78 is 0. The Morgan fingerprint density at radius 1 is 1.42 bits per heavy atom. The van der Waals surface area contributed by atoms with Gasteiger partial charge in [0.1, 0.15) is 0 Å². The van der Waals surface area contributed by atoms with Crippen molar-refractivity contribution in [2.75, 3.05) is 0 Å². The Bertz CT molecular complexity index is 285. The molecule has 0 aromatic heterocycles. The molecule has 1 aliphatic carbocycles. The van der Waals surface area contributed by atoms with Crippen LogP contribution in [0.4, 0.5) is 0 Å². The molecule has 0 amide bonds. The maximum Gasteiger partial charge on any atom is 0.0745 e. The van der Waals surface area contributed by atoms with Crippen LogP contribution in [0.25, 0.3) is 0 Å². The molecule has 0 aromatic rings. The van der Waals surface area contributed by atoms with Gasteiger partial charge < -0.3 is 11.5 Å². The van der Waals surface area contributed by atoms with Crippen LogP contribution in [0.2, 0.25) is 0 Å². The van der Waals surface area contributed by atoms with Gasteiger partial charge in [0.25, 0.3) is 0 Å². The fourth-order valence-electron chi connectivity index (χ4n) is 1.04. The van der Waals surface area contributed by atoms with Crippen molar-refractivity contribution in [2.24, 2.45) is 17.4 Å². The molecule has 12 heavy (non-hydrogen) atoms. The van der Waals surface area contributed by atoms with Crippen molar-refractivity contribution in [2.45, 2.75) is 13.0 Å². The number of hydrogen-bond donors (Lipinski definition) is 2. The van der Waals surface area contributed by atoms with Crippen LogP contribution in [0.5, 0.6) is 0 Å². The molecule has 0 spiro atoms. The molecule has 2 unspecified atom stereocenters. The van der Waals surface area contributed by atoms with Crippen LogP contribution >= 0.6 is 36.0 Å². The Morgan fingerprint density at radius 3 is 2.42 bits per heavy atom. The van der Waals surface area contributed by atoms with Crippen LogP contribution < -0.4 is 11.5 Å². The van der Waals surface area contributed by atoms with Gasteiger partial charge in [-0.05, 0) is 0 Å². The van der Waals surface area contributed by atoms with Crippen molar-refractivity contribution in [3.05, 3.63) is 10.7 Å². The molecule has 2 atom stereocenters. The number of rotatable bonds is 0. The van der Waals surface area contributed by atoms with Gasteiger partial charge in [-0.1, -0.05) is 43.0 Å². The van der Waals surface area contributed by atoms with Gasteiger partial charge in [-0.2, -0.15) is 0 Å². The molecule has 0 heterocycles. The van der Waals surface area contributed by atoms with Crippen molar-refractivity contribution < 1.29 is 0 Å². The predicted octanol–water partition coefficient (Wildman–Crippen LogP) is 1.11. The van der Waals surface area contributed by atoms with Gasteiger partial charge in [0.05, 0.1) is 16.6 Å². The Balaban J connectivity index is 3.17. The van der Waals surface area contributed by atoms with Gasteiger partial charge in [0, 0.05) is 15.8 Å². The summed E-state index contributed by atoms with van der Waals surface area (Å²) in [6, 6.07) is -0.396. The second-order valence-electron chi connectivity index (χ2n) is 2.73. The van der Waals surface area contributed by atoms with Gasteiger partial charge in [-0.15, -0.1) is 0 Å². The molecule has 0 fully saturated rings. The van der Waals surface area contributed by atoms with Crippen LogP contribution in [-0.2, 0) is 0 Å². The number of halogens is 1. The third kappa shape index (κ3) is 1.40. The summed E-state index contributed by atoms with van der Waals surface area (Å²) >= 11 is 15.9. The minimum Gasteiger partial charge on any atom is -0.397 e. The number of allylic oxidation sites excluding steroid dienone is 1. The minimum absolute atomic E-state index is 0.0524. The molecule has 4 N–H and O–H groups in total. The standard InChI is InChI=1S/C7H9ClN2S2/c1-2-3(8)4(9)7(12)5(10)6(2)11/h2,5H,9-10H2,1H3. The first-order valence-corrected chi connectivity index (χ1v) is 4.65. The summed E-state index contributed by atoms with van der Waals surface area (Å²) in [7, 11) is 0. The summed E-state index contributed by atoms with van der Waals surface area (Å²) in [5, 5.41) is 0.520. The Kier molecular flexibility index (Phi) is 2.83. The Hall–Kier alpha value is -0.0300. The van der Waals surface area contributed by atoms with Crippen LogP contribution in [0.1, 0.15) is 6.92 Å². The molecule has 0 bridgehead atoms. The normalized spacial score (nSPS) is 31.2. The lowest BCUT2D eigenvalue weighted by molar-refractivity contribution is 0.911. The highest BCUT2D eigenvalue weighted by molar-refractivity contribution is 7.82. The Morgan fingerprint density at radius 2 is 1.92 bits per heavy atom. The van der Waals surface area contributed by atoms with Crippen molar-refractivity contribution in [3.8, 4) is 0 Å². The van der Waals surface area contributed by atoms with E-state index in [9.17, 15) is 0 Å². The summed E-state index contributed by atoms with van der Waals surface area (Å²) in [5.74, 6) is -0.0524. The van der Waals surface area contributed by atoms with Crippen molar-refractivity contribution in [3.63, 3.8) is 0 Å². The molecule has 5 heteroatoms. The van der Waals surface area contributed by atoms with Gasteiger partial charge in [-0.3, -0.25) is 0 Å². The molecule has 0 aliphatic heterocycles. The molecular weight excluding hydrogens is 212 g/mol. The molecule has 0 saturated heterocycles.